The van der Waals surface area contributed by atoms with Gasteiger partial charge >= 0.3 is 0 Å². The number of hydrogen-bond donors (Lipinski definition) is 1. The van der Waals surface area contributed by atoms with Gasteiger partial charge in [0.25, 0.3) is 0 Å². The lowest BCUT2D eigenvalue weighted by Crippen LogP contribution is -2.34. The molecular weight excluding hydrogens is 262 g/mol. The van der Waals surface area contributed by atoms with Crippen molar-refractivity contribution in [2.45, 2.75) is 32.7 Å². The van der Waals surface area contributed by atoms with Gasteiger partial charge in [-0.25, -0.2) is 8.42 Å². The average Bonchev–Trinajstić information content (AvgIpc) is 2.32. The first-order valence-corrected chi connectivity index (χ1v) is 8.53. The quantitative estimate of drug-likeness (QED) is 0.922. The minimum atomic E-state index is -2.87. The van der Waals surface area contributed by atoms with Crippen molar-refractivity contribution >= 4 is 15.5 Å². The topological polar surface area (TPSA) is 55.4 Å². The van der Waals surface area contributed by atoms with Crippen LogP contribution in [0.3, 0.4) is 0 Å². The fourth-order valence-corrected chi connectivity index (χ4v) is 4.05. The van der Waals surface area contributed by atoms with Crippen LogP contribution in [0.4, 0.5) is 5.69 Å². The van der Waals surface area contributed by atoms with Crippen molar-refractivity contribution in [3.8, 4) is 5.75 Å². The molecule has 0 saturated carbocycles. The smallest absolute Gasteiger partial charge is 0.152 e. The first kappa shape index (κ1) is 14.2. The lowest BCUT2D eigenvalue weighted by atomic mass is 10.1. The van der Waals surface area contributed by atoms with E-state index in [0.717, 1.165) is 29.8 Å². The second kappa shape index (κ2) is 5.82. The third kappa shape index (κ3) is 3.86. The zero-order valence-corrected chi connectivity index (χ0v) is 12.3. The van der Waals surface area contributed by atoms with Crippen molar-refractivity contribution in [2.24, 2.45) is 0 Å². The van der Waals surface area contributed by atoms with Crippen molar-refractivity contribution in [3.05, 3.63) is 23.8 Å². The maximum Gasteiger partial charge on any atom is 0.152 e. The lowest BCUT2D eigenvalue weighted by molar-refractivity contribution is 0.340. The van der Waals surface area contributed by atoms with Gasteiger partial charge in [-0.15, -0.1) is 0 Å². The van der Waals surface area contributed by atoms with E-state index < -0.39 is 9.84 Å². The van der Waals surface area contributed by atoms with Gasteiger partial charge < -0.3 is 10.1 Å². The summed E-state index contributed by atoms with van der Waals surface area (Å²) in [6.07, 6.45) is 1.65. The lowest BCUT2D eigenvalue weighted by Gasteiger charge is -2.25. The molecule has 0 amide bonds. The van der Waals surface area contributed by atoms with E-state index in [1.807, 2.05) is 32.0 Å². The summed E-state index contributed by atoms with van der Waals surface area (Å²) in [7, 11) is -2.87. The SMILES string of the molecule is CCOc1ccc(NC2CCCS(=O)(=O)C2)c(C)c1. The second-order valence-electron chi connectivity index (χ2n) is 5.01. The van der Waals surface area contributed by atoms with Crippen molar-refractivity contribution in [2.75, 3.05) is 23.4 Å². The van der Waals surface area contributed by atoms with Crippen molar-refractivity contribution in [1.82, 2.24) is 0 Å². The third-order valence-corrected chi connectivity index (χ3v) is 5.15. The number of hydrogen-bond acceptors (Lipinski definition) is 4. The summed E-state index contributed by atoms with van der Waals surface area (Å²) in [6.45, 7) is 4.60. The van der Waals surface area contributed by atoms with E-state index in [1.54, 1.807) is 0 Å². The first-order valence-electron chi connectivity index (χ1n) is 6.70. The minimum absolute atomic E-state index is 0.0235. The van der Waals surface area contributed by atoms with Crippen LogP contribution in [-0.2, 0) is 9.84 Å². The van der Waals surface area contributed by atoms with Crippen molar-refractivity contribution in [1.29, 1.82) is 0 Å². The molecule has 1 fully saturated rings. The minimum Gasteiger partial charge on any atom is -0.494 e. The van der Waals surface area contributed by atoms with Crippen LogP contribution in [0.2, 0.25) is 0 Å². The zero-order chi connectivity index (χ0) is 13.9. The molecule has 1 aliphatic heterocycles. The summed E-state index contributed by atoms with van der Waals surface area (Å²) in [5.41, 5.74) is 2.07. The van der Waals surface area contributed by atoms with Gasteiger partial charge in [0.15, 0.2) is 9.84 Å². The highest BCUT2D eigenvalue weighted by atomic mass is 32.2. The summed E-state index contributed by atoms with van der Waals surface area (Å²) in [4.78, 5) is 0. The first-order chi connectivity index (χ1) is 9.00. The van der Waals surface area contributed by atoms with Crippen LogP contribution in [0.25, 0.3) is 0 Å². The number of aryl methyl sites for hydroxylation is 1. The largest absolute Gasteiger partial charge is 0.494 e. The van der Waals surface area contributed by atoms with Crippen LogP contribution >= 0.6 is 0 Å². The fourth-order valence-electron chi connectivity index (χ4n) is 2.41. The van der Waals surface area contributed by atoms with Crippen LogP contribution in [0, 0.1) is 6.92 Å². The second-order valence-corrected chi connectivity index (χ2v) is 7.24. The van der Waals surface area contributed by atoms with E-state index in [-0.39, 0.29) is 11.8 Å². The Morgan fingerprint density at radius 2 is 2.21 bits per heavy atom. The molecule has 0 aromatic heterocycles. The number of benzene rings is 1. The zero-order valence-electron chi connectivity index (χ0n) is 11.5. The van der Waals surface area contributed by atoms with Crippen molar-refractivity contribution in [3.63, 3.8) is 0 Å². The Kier molecular flexibility index (Phi) is 4.34. The molecule has 4 nitrogen and oxygen atoms in total. The van der Waals surface area contributed by atoms with Crippen LogP contribution in [-0.4, -0.2) is 32.6 Å². The fraction of sp³-hybridized carbons (Fsp3) is 0.571. The van der Waals surface area contributed by atoms with Crippen molar-refractivity contribution < 1.29 is 13.2 Å². The molecule has 0 spiro atoms. The highest BCUT2D eigenvalue weighted by Gasteiger charge is 2.24. The number of ether oxygens (including phenoxy) is 1. The Labute approximate surface area is 115 Å². The predicted octanol–water partition coefficient (Wildman–Crippen LogP) is 2.38. The standard InChI is InChI=1S/C14H21NO3S/c1-3-18-13-6-7-14(11(2)9-13)15-12-5-4-8-19(16,17)10-12/h6-7,9,12,15H,3-5,8,10H2,1-2H3. The number of rotatable bonds is 4. The molecule has 1 aromatic carbocycles. The molecule has 2 rings (SSSR count). The van der Waals surface area contributed by atoms with Crippen LogP contribution < -0.4 is 10.1 Å². The Bertz CT molecular complexity index is 540. The van der Waals surface area contributed by atoms with Gasteiger partial charge in [0.1, 0.15) is 5.75 Å². The molecule has 19 heavy (non-hydrogen) atoms. The molecule has 0 bridgehead atoms. The molecule has 1 unspecified atom stereocenters. The van der Waals surface area contributed by atoms with E-state index in [9.17, 15) is 8.42 Å². The highest BCUT2D eigenvalue weighted by Crippen LogP contribution is 2.24. The van der Waals surface area contributed by atoms with Gasteiger partial charge in [-0.1, -0.05) is 0 Å². The molecule has 0 aliphatic carbocycles. The third-order valence-electron chi connectivity index (χ3n) is 3.33. The monoisotopic (exact) mass is 283 g/mol. The summed E-state index contributed by atoms with van der Waals surface area (Å²) in [5.74, 6) is 1.41. The van der Waals surface area contributed by atoms with Gasteiger partial charge in [0, 0.05) is 11.7 Å². The molecule has 1 saturated heterocycles. The maximum absolute atomic E-state index is 11.6. The van der Waals surface area contributed by atoms with Gasteiger partial charge in [0.2, 0.25) is 0 Å². The normalized spacial score (nSPS) is 21.9. The van der Waals surface area contributed by atoms with Gasteiger partial charge in [0.05, 0.1) is 18.1 Å². The predicted molar refractivity (Wildman–Crippen MR) is 77.6 cm³/mol. The van der Waals surface area contributed by atoms with Crippen LogP contribution in [0.15, 0.2) is 18.2 Å². The molecule has 5 heteroatoms. The molecular formula is C14H21NO3S. The van der Waals surface area contributed by atoms with E-state index in [1.165, 1.54) is 0 Å². The van der Waals surface area contributed by atoms with E-state index in [2.05, 4.69) is 5.32 Å². The van der Waals surface area contributed by atoms with Crippen LogP contribution in [0.1, 0.15) is 25.3 Å². The Morgan fingerprint density at radius 3 is 2.84 bits per heavy atom. The highest BCUT2D eigenvalue weighted by molar-refractivity contribution is 7.91. The molecule has 106 valence electrons. The molecule has 1 N–H and O–H groups in total. The molecule has 1 heterocycles. The number of anilines is 1. The molecule has 1 aliphatic rings. The Morgan fingerprint density at radius 1 is 1.42 bits per heavy atom. The van der Waals surface area contributed by atoms with E-state index in [4.69, 9.17) is 4.74 Å². The van der Waals surface area contributed by atoms with E-state index >= 15 is 0 Å². The Balaban J connectivity index is 2.06. The van der Waals surface area contributed by atoms with Gasteiger partial charge in [-0.2, -0.15) is 0 Å². The van der Waals surface area contributed by atoms with Gasteiger partial charge in [-0.3, -0.25) is 0 Å². The number of nitrogens with one attached hydrogen (secondary N) is 1. The maximum atomic E-state index is 11.6. The summed E-state index contributed by atoms with van der Waals surface area (Å²) in [5, 5.41) is 3.34. The summed E-state index contributed by atoms with van der Waals surface area (Å²) in [6, 6.07) is 5.87. The Hall–Kier alpha value is -1.23. The number of sulfone groups is 1. The summed E-state index contributed by atoms with van der Waals surface area (Å²) >= 11 is 0. The average molecular weight is 283 g/mol. The molecule has 1 atom stereocenters. The molecule has 1 aromatic rings. The van der Waals surface area contributed by atoms with E-state index in [0.29, 0.717) is 12.4 Å². The van der Waals surface area contributed by atoms with Gasteiger partial charge in [-0.05, 0) is 50.5 Å². The summed E-state index contributed by atoms with van der Waals surface area (Å²) < 4.78 is 28.7. The molecule has 0 radical (unpaired) electrons. The van der Waals surface area contributed by atoms with Crippen LogP contribution in [0.5, 0.6) is 5.75 Å².